The third-order valence-electron chi connectivity index (χ3n) is 3.32. The van der Waals surface area contributed by atoms with Crippen LogP contribution in [0.25, 0.3) is 10.1 Å². The molecule has 1 aliphatic heterocycles. The van der Waals surface area contributed by atoms with Crippen LogP contribution in [0.1, 0.15) is 21.3 Å². The van der Waals surface area contributed by atoms with Gasteiger partial charge in [-0.1, -0.05) is 18.2 Å². The summed E-state index contributed by atoms with van der Waals surface area (Å²) in [7, 11) is 1.66. The number of carbonyl (C=O) groups excluding carboxylic acids is 1. The molecule has 1 atom stereocenters. The number of hydrogen-bond donors (Lipinski definition) is 2. The molecular formula is C14H16N2O2S. The summed E-state index contributed by atoms with van der Waals surface area (Å²) in [6, 6.07) is 8.11. The highest BCUT2D eigenvalue weighted by Gasteiger charge is 2.26. The van der Waals surface area contributed by atoms with Crippen molar-refractivity contribution in [1.29, 1.82) is 0 Å². The molecule has 19 heavy (non-hydrogen) atoms. The van der Waals surface area contributed by atoms with Crippen LogP contribution in [0.3, 0.4) is 0 Å². The molecule has 0 unspecified atom stereocenters. The van der Waals surface area contributed by atoms with Gasteiger partial charge in [-0.15, -0.1) is 11.3 Å². The van der Waals surface area contributed by atoms with E-state index in [4.69, 9.17) is 4.74 Å². The first kappa shape index (κ1) is 12.6. The Bertz CT molecular complexity index is 603. The second-order valence-corrected chi connectivity index (χ2v) is 5.54. The lowest BCUT2D eigenvalue weighted by Gasteiger charge is -2.24. The molecule has 5 heteroatoms. The minimum atomic E-state index is -0.0443. The first-order chi connectivity index (χ1) is 9.31. The van der Waals surface area contributed by atoms with Gasteiger partial charge in [-0.2, -0.15) is 0 Å². The topological polar surface area (TPSA) is 50.4 Å². The standard InChI is InChI=1S/C14H16N2O2S/c1-15-14(17)13-12(10-8-16-6-7-18-10)9-4-2-3-5-11(9)19-13/h2-5,10,16H,6-8H2,1H3,(H,15,17)/t10-/m0/s1. The number of carbonyl (C=O) groups is 1. The number of fused-ring (bicyclic) bond motifs is 1. The molecule has 0 saturated carbocycles. The minimum Gasteiger partial charge on any atom is -0.371 e. The molecule has 3 rings (SSSR count). The maximum atomic E-state index is 12.1. The summed E-state index contributed by atoms with van der Waals surface area (Å²) in [4.78, 5) is 12.8. The van der Waals surface area contributed by atoms with Gasteiger partial charge in [0.05, 0.1) is 17.6 Å². The fraction of sp³-hybridized carbons (Fsp3) is 0.357. The van der Waals surface area contributed by atoms with Crippen LogP contribution in [-0.2, 0) is 4.74 Å². The van der Waals surface area contributed by atoms with E-state index in [1.807, 2.05) is 18.2 Å². The van der Waals surface area contributed by atoms with E-state index in [-0.39, 0.29) is 12.0 Å². The SMILES string of the molecule is CNC(=O)c1sc2ccccc2c1[C@@H]1CNCCO1. The van der Waals surface area contributed by atoms with Crippen molar-refractivity contribution in [2.45, 2.75) is 6.10 Å². The third kappa shape index (κ3) is 2.25. The van der Waals surface area contributed by atoms with Gasteiger partial charge >= 0.3 is 0 Å². The van der Waals surface area contributed by atoms with Crippen LogP contribution < -0.4 is 10.6 Å². The van der Waals surface area contributed by atoms with Gasteiger partial charge in [0, 0.05) is 30.4 Å². The smallest absolute Gasteiger partial charge is 0.261 e. The van der Waals surface area contributed by atoms with Crippen molar-refractivity contribution in [3.8, 4) is 0 Å². The van der Waals surface area contributed by atoms with Crippen LogP contribution in [-0.4, -0.2) is 32.7 Å². The summed E-state index contributed by atoms with van der Waals surface area (Å²) < 4.78 is 6.96. The normalized spacial score (nSPS) is 19.5. The van der Waals surface area contributed by atoms with Crippen molar-refractivity contribution in [2.24, 2.45) is 0 Å². The quantitative estimate of drug-likeness (QED) is 0.881. The monoisotopic (exact) mass is 276 g/mol. The fourth-order valence-corrected chi connectivity index (χ4v) is 3.62. The van der Waals surface area contributed by atoms with Crippen LogP contribution in [0.2, 0.25) is 0 Å². The van der Waals surface area contributed by atoms with Crippen molar-refractivity contribution >= 4 is 27.3 Å². The third-order valence-corrected chi connectivity index (χ3v) is 4.50. The van der Waals surface area contributed by atoms with Crippen LogP contribution in [0, 0.1) is 0 Å². The molecule has 4 nitrogen and oxygen atoms in total. The first-order valence-electron chi connectivity index (χ1n) is 6.37. The average molecular weight is 276 g/mol. The van der Waals surface area contributed by atoms with Gasteiger partial charge in [0.25, 0.3) is 5.91 Å². The number of rotatable bonds is 2. The van der Waals surface area contributed by atoms with E-state index in [0.29, 0.717) is 6.61 Å². The van der Waals surface area contributed by atoms with Crippen molar-refractivity contribution < 1.29 is 9.53 Å². The van der Waals surface area contributed by atoms with E-state index >= 15 is 0 Å². The van der Waals surface area contributed by atoms with E-state index in [2.05, 4.69) is 16.7 Å². The van der Waals surface area contributed by atoms with Gasteiger partial charge < -0.3 is 15.4 Å². The Morgan fingerprint density at radius 2 is 2.32 bits per heavy atom. The zero-order chi connectivity index (χ0) is 13.2. The Labute approximate surface area is 115 Å². The molecule has 2 N–H and O–H groups in total. The largest absolute Gasteiger partial charge is 0.371 e. The van der Waals surface area contributed by atoms with E-state index in [9.17, 15) is 4.79 Å². The molecule has 100 valence electrons. The summed E-state index contributed by atoms with van der Waals surface area (Å²) in [5.41, 5.74) is 1.02. The zero-order valence-electron chi connectivity index (χ0n) is 10.7. The Morgan fingerprint density at radius 3 is 3.05 bits per heavy atom. The van der Waals surface area contributed by atoms with Gasteiger partial charge in [0.2, 0.25) is 0 Å². The molecule has 1 amide bonds. The van der Waals surface area contributed by atoms with Crippen LogP contribution in [0.5, 0.6) is 0 Å². The molecule has 1 aromatic carbocycles. The predicted octanol–water partition coefficient (Wildman–Crippen LogP) is 1.92. The van der Waals surface area contributed by atoms with Crippen LogP contribution in [0.15, 0.2) is 24.3 Å². The average Bonchev–Trinajstić information content (AvgIpc) is 2.86. The Kier molecular flexibility index (Phi) is 3.50. The Balaban J connectivity index is 2.15. The van der Waals surface area contributed by atoms with Crippen LogP contribution >= 0.6 is 11.3 Å². The van der Waals surface area contributed by atoms with Gasteiger partial charge in [-0.3, -0.25) is 4.79 Å². The lowest BCUT2D eigenvalue weighted by Crippen LogP contribution is -2.34. The van der Waals surface area contributed by atoms with Gasteiger partial charge in [-0.25, -0.2) is 0 Å². The molecule has 0 aliphatic carbocycles. The number of nitrogens with one attached hydrogen (secondary N) is 2. The zero-order valence-corrected chi connectivity index (χ0v) is 11.5. The van der Waals surface area contributed by atoms with E-state index in [1.165, 1.54) is 11.3 Å². The Hall–Kier alpha value is -1.43. The minimum absolute atomic E-state index is 0.0367. The van der Waals surface area contributed by atoms with Crippen molar-refractivity contribution in [3.63, 3.8) is 0 Å². The number of thiophene rings is 1. The molecule has 1 aliphatic rings. The molecule has 0 bridgehead atoms. The molecule has 1 saturated heterocycles. The maximum absolute atomic E-state index is 12.1. The van der Waals surface area contributed by atoms with Gasteiger partial charge in [-0.05, 0) is 11.5 Å². The maximum Gasteiger partial charge on any atom is 0.261 e. The second kappa shape index (κ2) is 5.28. The molecule has 2 aromatic rings. The first-order valence-corrected chi connectivity index (χ1v) is 7.18. The molecule has 0 radical (unpaired) electrons. The van der Waals surface area contributed by atoms with Crippen molar-refractivity contribution in [2.75, 3.05) is 26.7 Å². The van der Waals surface area contributed by atoms with E-state index in [1.54, 1.807) is 7.05 Å². The fourth-order valence-electron chi connectivity index (χ4n) is 2.42. The number of amides is 1. The second-order valence-electron chi connectivity index (χ2n) is 4.48. The van der Waals surface area contributed by atoms with Gasteiger partial charge in [0.15, 0.2) is 0 Å². The predicted molar refractivity (Wildman–Crippen MR) is 76.8 cm³/mol. The number of benzene rings is 1. The molecule has 1 fully saturated rings. The lowest BCUT2D eigenvalue weighted by molar-refractivity contribution is 0.0282. The number of hydrogen-bond acceptors (Lipinski definition) is 4. The van der Waals surface area contributed by atoms with Crippen molar-refractivity contribution in [1.82, 2.24) is 10.6 Å². The summed E-state index contributed by atoms with van der Waals surface area (Å²) >= 11 is 1.53. The van der Waals surface area contributed by atoms with Crippen molar-refractivity contribution in [3.05, 3.63) is 34.7 Å². The molecular weight excluding hydrogens is 260 g/mol. The summed E-state index contributed by atoms with van der Waals surface area (Å²) in [5.74, 6) is -0.0367. The highest BCUT2D eigenvalue weighted by Crippen LogP contribution is 2.37. The lowest BCUT2D eigenvalue weighted by atomic mass is 10.0. The van der Waals surface area contributed by atoms with Gasteiger partial charge in [0.1, 0.15) is 0 Å². The summed E-state index contributed by atoms with van der Waals surface area (Å²) in [5, 5.41) is 7.16. The number of ether oxygens (including phenoxy) is 1. The molecule has 1 aromatic heterocycles. The van der Waals surface area contributed by atoms with Crippen LogP contribution in [0.4, 0.5) is 0 Å². The molecule has 0 spiro atoms. The summed E-state index contributed by atoms with van der Waals surface area (Å²) in [6.07, 6.45) is -0.0443. The highest BCUT2D eigenvalue weighted by molar-refractivity contribution is 7.21. The highest BCUT2D eigenvalue weighted by atomic mass is 32.1. The van der Waals surface area contributed by atoms with E-state index in [0.717, 1.165) is 33.6 Å². The Morgan fingerprint density at radius 1 is 1.47 bits per heavy atom. The summed E-state index contributed by atoms with van der Waals surface area (Å²) in [6.45, 7) is 2.31. The number of morpholine rings is 1. The molecule has 2 heterocycles. The van der Waals surface area contributed by atoms with E-state index < -0.39 is 0 Å².